The standard InChI is InChI=1S/C33H52N2O4S/c1-6-9-10-11-12-13-14-15-16-17-18-19-20-22-26-23-21-24-27(38-5)30(26)31-29(32(37)39-8-3)25(4)34-33(40)35(31)28(36)7-2/h21,23-24,31H,6-20,22H2,1-5H3,(H,34,40). The highest BCUT2D eigenvalue weighted by Gasteiger charge is 2.41. The van der Waals surface area contributed by atoms with Gasteiger partial charge in [0.25, 0.3) is 0 Å². The van der Waals surface area contributed by atoms with Crippen LogP contribution in [0.2, 0.25) is 0 Å². The Morgan fingerprint density at radius 3 is 2.00 bits per heavy atom. The zero-order valence-electron chi connectivity index (χ0n) is 25.6. The first kappa shape index (κ1) is 33.8. The summed E-state index contributed by atoms with van der Waals surface area (Å²) in [6, 6.07) is 5.25. The molecule has 0 saturated heterocycles. The van der Waals surface area contributed by atoms with Crippen LogP contribution in [-0.4, -0.2) is 35.6 Å². The van der Waals surface area contributed by atoms with Crippen LogP contribution in [0.15, 0.2) is 29.5 Å². The monoisotopic (exact) mass is 572 g/mol. The predicted octanol–water partition coefficient (Wildman–Crippen LogP) is 8.33. The zero-order valence-corrected chi connectivity index (χ0v) is 26.4. The molecule has 1 aromatic rings. The van der Waals surface area contributed by atoms with Gasteiger partial charge in [0.2, 0.25) is 5.91 Å². The van der Waals surface area contributed by atoms with E-state index in [1.165, 1.54) is 75.5 Å². The van der Waals surface area contributed by atoms with Crippen LogP contribution in [0.1, 0.15) is 135 Å². The zero-order chi connectivity index (χ0) is 29.3. The Hall–Kier alpha value is -2.41. The van der Waals surface area contributed by atoms with Crippen LogP contribution in [0.3, 0.4) is 0 Å². The lowest BCUT2D eigenvalue weighted by Crippen LogP contribution is -2.51. The molecule has 1 amide bonds. The molecule has 1 aliphatic rings. The molecule has 224 valence electrons. The lowest BCUT2D eigenvalue weighted by Gasteiger charge is -2.39. The number of aryl methyl sites for hydroxylation is 1. The molecule has 1 unspecified atom stereocenters. The van der Waals surface area contributed by atoms with E-state index in [1.54, 1.807) is 27.9 Å². The Bertz CT molecular complexity index is 991. The van der Waals surface area contributed by atoms with E-state index in [2.05, 4.69) is 18.3 Å². The summed E-state index contributed by atoms with van der Waals surface area (Å²) in [5.74, 6) is 0.0340. The molecule has 1 aromatic carbocycles. The van der Waals surface area contributed by atoms with Gasteiger partial charge in [-0.2, -0.15) is 0 Å². The van der Waals surface area contributed by atoms with Crippen molar-refractivity contribution in [2.45, 2.75) is 130 Å². The van der Waals surface area contributed by atoms with Gasteiger partial charge in [-0.1, -0.05) is 103 Å². The van der Waals surface area contributed by atoms with Crippen LogP contribution >= 0.6 is 12.2 Å². The number of methoxy groups -OCH3 is 1. The Kier molecular flexibility index (Phi) is 15.9. The molecule has 1 N–H and O–H groups in total. The summed E-state index contributed by atoms with van der Waals surface area (Å²) in [7, 11) is 1.62. The largest absolute Gasteiger partial charge is 0.496 e. The highest BCUT2D eigenvalue weighted by molar-refractivity contribution is 7.80. The average molecular weight is 573 g/mol. The third kappa shape index (κ3) is 9.90. The van der Waals surface area contributed by atoms with Gasteiger partial charge in [-0.15, -0.1) is 0 Å². The molecule has 1 heterocycles. The van der Waals surface area contributed by atoms with E-state index in [4.69, 9.17) is 21.7 Å². The number of esters is 1. The number of carbonyl (C=O) groups excluding carboxylic acids is 2. The summed E-state index contributed by atoms with van der Waals surface area (Å²) >= 11 is 5.61. The van der Waals surface area contributed by atoms with Gasteiger partial charge in [0.05, 0.1) is 19.3 Å². The van der Waals surface area contributed by atoms with Crippen molar-refractivity contribution in [3.63, 3.8) is 0 Å². The van der Waals surface area contributed by atoms with Crippen LogP contribution in [-0.2, 0) is 20.7 Å². The molecule has 0 aliphatic carbocycles. The Balaban J connectivity index is 2.10. The van der Waals surface area contributed by atoms with E-state index in [0.29, 0.717) is 22.1 Å². The van der Waals surface area contributed by atoms with Crippen LogP contribution in [0.25, 0.3) is 0 Å². The third-order valence-electron chi connectivity index (χ3n) is 7.71. The van der Waals surface area contributed by atoms with Gasteiger partial charge >= 0.3 is 5.97 Å². The lowest BCUT2D eigenvalue weighted by molar-refractivity contribution is -0.139. The van der Waals surface area contributed by atoms with E-state index < -0.39 is 12.0 Å². The van der Waals surface area contributed by atoms with Crippen LogP contribution in [0, 0.1) is 0 Å². The molecule has 2 rings (SSSR count). The van der Waals surface area contributed by atoms with Crippen LogP contribution in [0.4, 0.5) is 0 Å². The number of amides is 1. The van der Waals surface area contributed by atoms with E-state index in [-0.39, 0.29) is 18.9 Å². The van der Waals surface area contributed by atoms with Crippen molar-refractivity contribution in [1.29, 1.82) is 0 Å². The number of nitrogens with one attached hydrogen (secondary N) is 1. The molecule has 0 fully saturated rings. The van der Waals surface area contributed by atoms with Crippen molar-refractivity contribution in [1.82, 2.24) is 10.2 Å². The summed E-state index contributed by atoms with van der Waals surface area (Å²) in [4.78, 5) is 27.9. The summed E-state index contributed by atoms with van der Waals surface area (Å²) < 4.78 is 11.2. The molecule has 6 nitrogen and oxygen atoms in total. The second-order valence-electron chi connectivity index (χ2n) is 10.7. The number of rotatable bonds is 19. The second-order valence-corrected chi connectivity index (χ2v) is 11.1. The molecule has 1 atom stereocenters. The van der Waals surface area contributed by atoms with E-state index >= 15 is 0 Å². The molecule has 0 saturated carbocycles. The first-order valence-corrected chi connectivity index (χ1v) is 16.0. The Morgan fingerprint density at radius 2 is 1.48 bits per heavy atom. The Morgan fingerprint density at radius 1 is 0.900 bits per heavy atom. The van der Waals surface area contributed by atoms with Crippen LogP contribution in [0.5, 0.6) is 5.75 Å². The number of benzene rings is 1. The first-order chi connectivity index (χ1) is 19.4. The van der Waals surface area contributed by atoms with E-state index in [0.717, 1.165) is 30.4 Å². The minimum Gasteiger partial charge on any atom is -0.496 e. The SMILES string of the molecule is CCCCCCCCCCCCCCCc1cccc(OC)c1C1C(C(=O)OCC)=C(C)NC(=S)N1C(=O)CC. The number of hydrogen-bond donors (Lipinski definition) is 1. The minimum atomic E-state index is -0.701. The molecular formula is C33H52N2O4S. The van der Waals surface area contributed by atoms with Crippen molar-refractivity contribution in [3.8, 4) is 5.75 Å². The number of nitrogens with zero attached hydrogens (tertiary/aromatic N) is 1. The highest BCUT2D eigenvalue weighted by Crippen LogP contribution is 2.41. The van der Waals surface area contributed by atoms with Gasteiger partial charge in [0.1, 0.15) is 11.8 Å². The quantitative estimate of drug-likeness (QED) is 0.102. The lowest BCUT2D eigenvalue weighted by atomic mass is 9.87. The topological polar surface area (TPSA) is 67.9 Å². The summed E-state index contributed by atoms with van der Waals surface area (Å²) in [5.41, 5.74) is 2.89. The molecule has 0 radical (unpaired) electrons. The normalized spacial score (nSPS) is 15.3. The highest BCUT2D eigenvalue weighted by atomic mass is 32.1. The number of thiocarbonyl (C=S) groups is 1. The van der Waals surface area contributed by atoms with E-state index in [9.17, 15) is 9.59 Å². The number of hydrogen-bond acceptors (Lipinski definition) is 5. The van der Waals surface area contributed by atoms with Crippen molar-refractivity contribution >= 4 is 29.2 Å². The number of ether oxygens (including phenoxy) is 2. The maximum atomic E-state index is 13.2. The first-order valence-electron chi connectivity index (χ1n) is 15.6. The van der Waals surface area contributed by atoms with Gasteiger partial charge in [-0.25, -0.2) is 4.79 Å². The number of carbonyl (C=O) groups is 2. The minimum absolute atomic E-state index is 0.158. The molecule has 0 bridgehead atoms. The molecule has 7 heteroatoms. The van der Waals surface area contributed by atoms with Crippen LogP contribution < -0.4 is 10.1 Å². The van der Waals surface area contributed by atoms with Crippen molar-refractivity contribution in [2.75, 3.05) is 13.7 Å². The van der Waals surface area contributed by atoms with Gasteiger partial charge in [-0.05, 0) is 50.5 Å². The predicted molar refractivity (Wildman–Crippen MR) is 167 cm³/mol. The number of unbranched alkanes of at least 4 members (excludes halogenated alkanes) is 12. The fraction of sp³-hybridized carbons (Fsp3) is 0.667. The summed E-state index contributed by atoms with van der Waals surface area (Å²) in [6.45, 7) is 7.89. The van der Waals surface area contributed by atoms with Crippen molar-refractivity contribution in [3.05, 3.63) is 40.6 Å². The van der Waals surface area contributed by atoms with Gasteiger partial charge in [0.15, 0.2) is 5.11 Å². The fourth-order valence-corrected chi connectivity index (χ4v) is 5.90. The molecular weight excluding hydrogens is 520 g/mol. The Labute approximate surface area is 248 Å². The third-order valence-corrected chi connectivity index (χ3v) is 8.01. The van der Waals surface area contributed by atoms with Gasteiger partial charge in [0, 0.05) is 17.7 Å². The average Bonchev–Trinajstić information content (AvgIpc) is 2.94. The maximum absolute atomic E-state index is 13.2. The summed E-state index contributed by atoms with van der Waals surface area (Å²) in [6.07, 6.45) is 18.0. The van der Waals surface area contributed by atoms with Crippen molar-refractivity contribution in [2.24, 2.45) is 0 Å². The second kappa shape index (κ2) is 18.8. The molecule has 40 heavy (non-hydrogen) atoms. The molecule has 0 aromatic heterocycles. The fourth-order valence-electron chi connectivity index (χ4n) is 5.54. The smallest absolute Gasteiger partial charge is 0.338 e. The molecule has 1 aliphatic heterocycles. The van der Waals surface area contributed by atoms with Crippen molar-refractivity contribution < 1.29 is 19.1 Å². The molecule has 0 spiro atoms. The summed E-state index contributed by atoms with van der Waals surface area (Å²) in [5, 5.41) is 3.35. The van der Waals surface area contributed by atoms with Gasteiger partial charge < -0.3 is 14.8 Å². The van der Waals surface area contributed by atoms with Gasteiger partial charge in [-0.3, -0.25) is 9.69 Å². The number of allylic oxidation sites excluding steroid dienone is 1. The maximum Gasteiger partial charge on any atom is 0.338 e. The van der Waals surface area contributed by atoms with E-state index in [1.807, 2.05) is 12.1 Å².